The fourth-order valence-corrected chi connectivity index (χ4v) is 6.01. The summed E-state index contributed by atoms with van der Waals surface area (Å²) in [5, 5.41) is 2.90. The molecule has 0 aromatic heterocycles. The number of thioether (sulfide) groups is 2. The number of sulfonamides is 1. The third-order valence-electron chi connectivity index (χ3n) is 5.34. The van der Waals surface area contributed by atoms with Crippen LogP contribution in [0.2, 0.25) is 0 Å². The zero-order valence-electron chi connectivity index (χ0n) is 18.5. The molecule has 9 heteroatoms. The number of anilines is 1. The highest BCUT2D eigenvalue weighted by Gasteiger charge is 2.25. The molecule has 2 N–H and O–H groups in total. The highest BCUT2D eigenvalue weighted by Crippen LogP contribution is 2.20. The van der Waals surface area contributed by atoms with E-state index in [0.29, 0.717) is 18.7 Å². The number of aryl methyl sites for hydroxylation is 1. The molecule has 0 spiro atoms. The monoisotopic (exact) mass is 493 g/mol. The fraction of sp³-hybridized carbons (Fsp3) is 0.435. The molecule has 1 saturated heterocycles. The van der Waals surface area contributed by atoms with Crippen molar-refractivity contribution in [2.45, 2.75) is 30.8 Å². The summed E-state index contributed by atoms with van der Waals surface area (Å²) in [5.74, 6) is 2.66. The SMILES string of the molecule is CSCCC(NS(=O)(=O)c1ccc(C)cc1)C(=O)NCc1ccc(N2CCSCC2)cc1. The highest BCUT2D eigenvalue weighted by atomic mass is 32.2. The van der Waals surface area contributed by atoms with Crippen LogP contribution in [0.15, 0.2) is 53.4 Å². The molecule has 2 aromatic rings. The minimum absolute atomic E-state index is 0.164. The predicted molar refractivity (Wildman–Crippen MR) is 136 cm³/mol. The molecule has 1 heterocycles. The van der Waals surface area contributed by atoms with Crippen molar-refractivity contribution in [2.75, 3.05) is 41.5 Å². The zero-order chi connectivity index (χ0) is 23.0. The first-order valence-corrected chi connectivity index (χ1v) is 14.7. The van der Waals surface area contributed by atoms with Gasteiger partial charge in [0.2, 0.25) is 15.9 Å². The highest BCUT2D eigenvalue weighted by molar-refractivity contribution is 7.99. The van der Waals surface area contributed by atoms with Crippen molar-refractivity contribution in [3.8, 4) is 0 Å². The van der Waals surface area contributed by atoms with E-state index in [2.05, 4.69) is 27.1 Å². The molecule has 0 aliphatic carbocycles. The Balaban J connectivity index is 1.61. The van der Waals surface area contributed by atoms with Crippen LogP contribution in [-0.2, 0) is 21.4 Å². The van der Waals surface area contributed by atoms with Crippen LogP contribution in [0.3, 0.4) is 0 Å². The van der Waals surface area contributed by atoms with Crippen molar-refractivity contribution >= 4 is 45.1 Å². The van der Waals surface area contributed by atoms with Gasteiger partial charge in [0.1, 0.15) is 6.04 Å². The lowest BCUT2D eigenvalue weighted by Crippen LogP contribution is -2.46. The predicted octanol–water partition coefficient (Wildman–Crippen LogP) is 3.26. The minimum Gasteiger partial charge on any atom is -0.370 e. The molecular weight excluding hydrogens is 462 g/mol. The second-order valence-electron chi connectivity index (χ2n) is 7.75. The Kier molecular flexibility index (Phi) is 9.34. The summed E-state index contributed by atoms with van der Waals surface area (Å²) in [5.41, 5.74) is 3.16. The van der Waals surface area contributed by atoms with E-state index in [1.807, 2.05) is 37.1 Å². The van der Waals surface area contributed by atoms with E-state index >= 15 is 0 Å². The Morgan fingerprint density at radius 3 is 2.38 bits per heavy atom. The van der Waals surface area contributed by atoms with E-state index in [9.17, 15) is 13.2 Å². The molecule has 1 atom stereocenters. The minimum atomic E-state index is -3.78. The summed E-state index contributed by atoms with van der Waals surface area (Å²) in [6.07, 6.45) is 2.36. The van der Waals surface area contributed by atoms with E-state index < -0.39 is 16.1 Å². The van der Waals surface area contributed by atoms with Crippen LogP contribution in [0.25, 0.3) is 0 Å². The summed E-state index contributed by atoms with van der Waals surface area (Å²) >= 11 is 3.56. The first kappa shape index (κ1) is 25.0. The number of hydrogen-bond donors (Lipinski definition) is 2. The Hall–Kier alpha value is -1.68. The zero-order valence-corrected chi connectivity index (χ0v) is 21.0. The lowest BCUT2D eigenvalue weighted by molar-refractivity contribution is -0.122. The van der Waals surface area contributed by atoms with Crippen molar-refractivity contribution in [1.82, 2.24) is 10.0 Å². The summed E-state index contributed by atoms with van der Waals surface area (Å²) in [4.78, 5) is 15.4. The molecule has 3 rings (SSSR count). The van der Waals surface area contributed by atoms with Crippen molar-refractivity contribution in [3.05, 3.63) is 59.7 Å². The van der Waals surface area contributed by atoms with Gasteiger partial charge in [-0.15, -0.1) is 0 Å². The largest absolute Gasteiger partial charge is 0.370 e. The van der Waals surface area contributed by atoms with Crippen LogP contribution in [0.4, 0.5) is 5.69 Å². The number of rotatable bonds is 10. The standard InChI is InChI=1S/C23H31N3O3S3/c1-18-3-9-21(10-4-18)32(28,29)25-22(11-14-30-2)23(27)24-17-19-5-7-20(8-6-19)26-12-15-31-16-13-26/h3-10,22,25H,11-17H2,1-2H3,(H,24,27). The van der Waals surface area contributed by atoms with Gasteiger partial charge in [-0.25, -0.2) is 8.42 Å². The van der Waals surface area contributed by atoms with Crippen LogP contribution in [-0.4, -0.2) is 57.0 Å². The van der Waals surface area contributed by atoms with Gasteiger partial charge < -0.3 is 10.2 Å². The lowest BCUT2D eigenvalue weighted by Gasteiger charge is -2.28. The number of carbonyl (C=O) groups is 1. The van der Waals surface area contributed by atoms with Crippen LogP contribution in [0, 0.1) is 6.92 Å². The Labute approximate surface area is 200 Å². The summed E-state index contributed by atoms with van der Waals surface area (Å²) < 4.78 is 28.1. The number of nitrogens with one attached hydrogen (secondary N) is 2. The molecule has 1 aliphatic heterocycles. The van der Waals surface area contributed by atoms with Gasteiger partial charge in [0.15, 0.2) is 0 Å². The molecule has 1 aliphatic rings. The van der Waals surface area contributed by atoms with Gasteiger partial charge >= 0.3 is 0 Å². The normalized spacial score (nSPS) is 15.4. The average molecular weight is 494 g/mol. The molecule has 1 amide bonds. The molecule has 174 valence electrons. The van der Waals surface area contributed by atoms with Gasteiger partial charge in [-0.05, 0) is 55.2 Å². The topological polar surface area (TPSA) is 78.5 Å². The van der Waals surface area contributed by atoms with E-state index in [-0.39, 0.29) is 10.8 Å². The first-order valence-electron chi connectivity index (χ1n) is 10.7. The smallest absolute Gasteiger partial charge is 0.241 e. The van der Waals surface area contributed by atoms with Crippen molar-refractivity contribution in [2.24, 2.45) is 0 Å². The second-order valence-corrected chi connectivity index (χ2v) is 11.7. The molecule has 0 saturated carbocycles. The molecular formula is C23H31N3O3S3. The molecule has 2 aromatic carbocycles. The van der Waals surface area contributed by atoms with Crippen molar-refractivity contribution in [1.29, 1.82) is 0 Å². The maximum absolute atomic E-state index is 12.8. The van der Waals surface area contributed by atoms with Crippen LogP contribution < -0.4 is 14.9 Å². The van der Waals surface area contributed by atoms with Crippen molar-refractivity contribution < 1.29 is 13.2 Å². The van der Waals surface area contributed by atoms with E-state index in [4.69, 9.17) is 0 Å². The van der Waals surface area contributed by atoms with Crippen LogP contribution in [0.5, 0.6) is 0 Å². The number of benzene rings is 2. The molecule has 0 bridgehead atoms. The fourth-order valence-electron chi connectivity index (χ4n) is 3.41. The maximum Gasteiger partial charge on any atom is 0.241 e. The number of amides is 1. The summed E-state index contributed by atoms with van der Waals surface area (Å²) in [6.45, 7) is 4.37. The van der Waals surface area contributed by atoms with Crippen LogP contribution >= 0.6 is 23.5 Å². The van der Waals surface area contributed by atoms with Crippen molar-refractivity contribution in [3.63, 3.8) is 0 Å². The quantitative estimate of drug-likeness (QED) is 0.529. The summed E-state index contributed by atoms with van der Waals surface area (Å²) in [7, 11) is -3.78. The van der Waals surface area contributed by atoms with Crippen LogP contribution in [0.1, 0.15) is 17.5 Å². The maximum atomic E-state index is 12.8. The van der Waals surface area contributed by atoms with Gasteiger partial charge in [-0.3, -0.25) is 4.79 Å². The third-order valence-corrected chi connectivity index (χ3v) is 8.41. The molecule has 1 unspecified atom stereocenters. The molecule has 0 radical (unpaired) electrons. The van der Waals surface area contributed by atoms with Gasteiger partial charge in [0.05, 0.1) is 4.90 Å². The van der Waals surface area contributed by atoms with E-state index in [1.54, 1.807) is 36.0 Å². The molecule has 32 heavy (non-hydrogen) atoms. The van der Waals surface area contributed by atoms with E-state index in [1.165, 1.54) is 5.69 Å². The number of carbonyl (C=O) groups excluding carboxylic acids is 1. The van der Waals surface area contributed by atoms with Gasteiger partial charge in [0.25, 0.3) is 0 Å². The lowest BCUT2D eigenvalue weighted by atomic mass is 10.1. The third kappa shape index (κ3) is 7.16. The molecule has 1 fully saturated rings. The summed E-state index contributed by atoms with van der Waals surface area (Å²) in [6, 6.07) is 14.0. The molecule has 6 nitrogen and oxygen atoms in total. The van der Waals surface area contributed by atoms with Gasteiger partial charge in [0, 0.05) is 36.8 Å². The van der Waals surface area contributed by atoms with Gasteiger partial charge in [-0.2, -0.15) is 28.2 Å². The Bertz CT molecular complexity index is 974. The Morgan fingerprint density at radius 2 is 1.75 bits per heavy atom. The number of nitrogens with zero attached hydrogens (tertiary/aromatic N) is 1. The second kappa shape index (κ2) is 12.0. The number of hydrogen-bond acceptors (Lipinski definition) is 6. The Morgan fingerprint density at radius 1 is 1.09 bits per heavy atom. The first-order chi connectivity index (χ1) is 15.4. The van der Waals surface area contributed by atoms with Gasteiger partial charge in [-0.1, -0.05) is 29.8 Å². The van der Waals surface area contributed by atoms with E-state index in [0.717, 1.165) is 35.7 Å². The average Bonchev–Trinajstić information content (AvgIpc) is 2.81.